The molecule has 0 aliphatic heterocycles. The molecular weight excluding hydrogens is 282 g/mol. The van der Waals surface area contributed by atoms with Crippen molar-refractivity contribution in [2.75, 3.05) is 6.54 Å². The van der Waals surface area contributed by atoms with Crippen molar-refractivity contribution >= 4 is 17.8 Å². The van der Waals surface area contributed by atoms with Crippen molar-refractivity contribution in [1.82, 2.24) is 5.32 Å². The van der Waals surface area contributed by atoms with Crippen LogP contribution >= 0.6 is 0 Å². The third kappa shape index (κ3) is 13.6. The van der Waals surface area contributed by atoms with Gasteiger partial charge < -0.3 is 10.1 Å². The first kappa shape index (κ1) is 20.6. The van der Waals surface area contributed by atoms with E-state index in [0.29, 0.717) is 6.42 Å². The Labute approximate surface area is 134 Å². The van der Waals surface area contributed by atoms with Crippen molar-refractivity contribution in [3.8, 4) is 0 Å². The average Bonchev–Trinajstić information content (AvgIpc) is 2.51. The molecule has 0 aliphatic rings. The van der Waals surface area contributed by atoms with Crippen LogP contribution in [0.4, 0.5) is 0 Å². The second-order valence-electron chi connectivity index (χ2n) is 5.55. The van der Waals surface area contributed by atoms with Gasteiger partial charge in [-0.2, -0.15) is 0 Å². The smallest absolute Gasteiger partial charge is 0.333 e. The first-order valence-electron chi connectivity index (χ1n) is 8.60. The molecule has 128 valence electrons. The summed E-state index contributed by atoms with van der Waals surface area (Å²) in [5.41, 5.74) is 0. The Bertz CT molecular complexity index is 329. The molecule has 0 saturated carbocycles. The fourth-order valence-corrected chi connectivity index (χ4v) is 2.09. The average molecular weight is 313 g/mol. The molecule has 1 amide bonds. The van der Waals surface area contributed by atoms with E-state index in [2.05, 4.69) is 17.0 Å². The molecule has 22 heavy (non-hydrogen) atoms. The number of ether oxygens (including phenoxy) is 1. The molecule has 0 rings (SSSR count). The van der Waals surface area contributed by atoms with Crippen molar-refractivity contribution in [2.24, 2.45) is 0 Å². The molecule has 0 unspecified atom stereocenters. The maximum Gasteiger partial charge on any atom is 0.333 e. The summed E-state index contributed by atoms with van der Waals surface area (Å²) in [5, 5.41) is 2.47. The molecule has 0 spiro atoms. The summed E-state index contributed by atoms with van der Waals surface area (Å²) in [6.45, 7) is 3.59. The number of nitrogens with one attached hydrogen (secondary N) is 1. The molecule has 0 radical (unpaired) electrons. The van der Waals surface area contributed by atoms with Gasteiger partial charge in [0.25, 0.3) is 0 Å². The Morgan fingerprint density at radius 2 is 1.32 bits per heavy atom. The lowest BCUT2D eigenvalue weighted by Crippen LogP contribution is -2.31. The quantitative estimate of drug-likeness (QED) is 0.321. The lowest BCUT2D eigenvalue weighted by molar-refractivity contribution is -0.159. The van der Waals surface area contributed by atoms with Gasteiger partial charge >= 0.3 is 11.9 Å². The Hall–Kier alpha value is -1.39. The van der Waals surface area contributed by atoms with Gasteiger partial charge in [-0.1, -0.05) is 65.2 Å². The zero-order valence-corrected chi connectivity index (χ0v) is 14.1. The summed E-state index contributed by atoms with van der Waals surface area (Å²) < 4.78 is 4.46. The topological polar surface area (TPSA) is 72.5 Å². The van der Waals surface area contributed by atoms with Gasteiger partial charge in [-0.3, -0.25) is 9.59 Å². The highest BCUT2D eigenvalue weighted by Crippen LogP contribution is 2.10. The zero-order valence-electron chi connectivity index (χ0n) is 14.1. The van der Waals surface area contributed by atoms with E-state index in [1.165, 1.54) is 38.5 Å². The van der Waals surface area contributed by atoms with Crippen molar-refractivity contribution < 1.29 is 19.1 Å². The molecule has 5 nitrogen and oxygen atoms in total. The number of carbonyl (C=O) groups is 3. The highest BCUT2D eigenvalue weighted by Gasteiger charge is 2.09. The van der Waals surface area contributed by atoms with Crippen LogP contribution < -0.4 is 5.32 Å². The number of rotatable bonds is 13. The van der Waals surface area contributed by atoms with Crippen molar-refractivity contribution in [3.05, 3.63) is 0 Å². The minimum Gasteiger partial charge on any atom is -0.392 e. The summed E-state index contributed by atoms with van der Waals surface area (Å²) in [4.78, 5) is 33.6. The van der Waals surface area contributed by atoms with Gasteiger partial charge in [-0.15, -0.1) is 0 Å². The van der Waals surface area contributed by atoms with Crippen LogP contribution in [0.25, 0.3) is 0 Å². The maximum atomic E-state index is 11.5. The number of carbonyl (C=O) groups excluding carboxylic acids is 3. The molecule has 0 bridgehead atoms. The highest BCUT2D eigenvalue weighted by atomic mass is 16.6. The van der Waals surface area contributed by atoms with Crippen molar-refractivity contribution in [3.63, 3.8) is 0 Å². The largest absolute Gasteiger partial charge is 0.392 e. The van der Waals surface area contributed by atoms with E-state index < -0.39 is 11.9 Å². The van der Waals surface area contributed by atoms with E-state index in [-0.39, 0.29) is 18.9 Å². The van der Waals surface area contributed by atoms with Gasteiger partial charge in [-0.25, -0.2) is 4.79 Å². The Kier molecular flexibility index (Phi) is 13.6. The van der Waals surface area contributed by atoms with Gasteiger partial charge in [0, 0.05) is 12.8 Å². The number of hydrogen-bond donors (Lipinski definition) is 1. The van der Waals surface area contributed by atoms with Crippen molar-refractivity contribution in [1.29, 1.82) is 0 Å². The molecule has 5 heteroatoms. The zero-order chi connectivity index (χ0) is 16.6. The Morgan fingerprint density at radius 3 is 1.86 bits per heavy atom. The molecule has 0 aromatic heterocycles. The van der Waals surface area contributed by atoms with E-state index in [1.807, 2.05) is 0 Å². The van der Waals surface area contributed by atoms with Crippen LogP contribution in [0, 0.1) is 0 Å². The van der Waals surface area contributed by atoms with Crippen LogP contribution in [-0.4, -0.2) is 24.4 Å². The van der Waals surface area contributed by atoms with Gasteiger partial charge in [0.2, 0.25) is 5.91 Å². The number of unbranched alkanes of at least 4 members (excludes halogenated alkanes) is 8. The molecule has 1 N–H and O–H groups in total. The third-order valence-corrected chi connectivity index (χ3v) is 3.45. The monoisotopic (exact) mass is 313 g/mol. The molecule has 0 aromatic rings. The summed E-state index contributed by atoms with van der Waals surface area (Å²) in [7, 11) is 0. The van der Waals surface area contributed by atoms with Crippen molar-refractivity contribution in [2.45, 2.75) is 84.5 Å². The van der Waals surface area contributed by atoms with Gasteiger partial charge in [0.15, 0.2) is 0 Å². The normalized spacial score (nSPS) is 10.3. The fourth-order valence-electron chi connectivity index (χ4n) is 2.09. The molecule has 0 heterocycles. The number of esters is 2. The van der Waals surface area contributed by atoms with Crippen LogP contribution in [0.15, 0.2) is 0 Å². The van der Waals surface area contributed by atoms with Gasteiger partial charge in [-0.05, 0) is 6.42 Å². The molecular formula is C17H31NO4. The summed E-state index contributed by atoms with van der Waals surface area (Å²) in [6, 6.07) is 0. The Morgan fingerprint density at radius 1 is 0.773 bits per heavy atom. The van der Waals surface area contributed by atoms with Gasteiger partial charge in [0.1, 0.15) is 6.54 Å². The number of amides is 1. The second kappa shape index (κ2) is 14.5. The molecule has 0 aliphatic carbocycles. The predicted molar refractivity (Wildman–Crippen MR) is 86.2 cm³/mol. The molecule has 0 aromatic carbocycles. The minimum atomic E-state index is -0.702. The summed E-state index contributed by atoms with van der Waals surface area (Å²) in [6.07, 6.45) is 11.4. The first-order chi connectivity index (χ1) is 10.6. The van der Waals surface area contributed by atoms with Crippen LogP contribution in [0.1, 0.15) is 84.5 Å². The van der Waals surface area contributed by atoms with E-state index in [4.69, 9.17) is 0 Å². The van der Waals surface area contributed by atoms with Gasteiger partial charge in [0.05, 0.1) is 0 Å². The summed E-state index contributed by atoms with van der Waals surface area (Å²) in [5.74, 6) is -1.44. The Balaban J connectivity index is 3.39. The molecule has 0 fully saturated rings. The number of hydrogen-bond acceptors (Lipinski definition) is 4. The molecule has 0 saturated heterocycles. The van der Waals surface area contributed by atoms with Crippen LogP contribution in [-0.2, 0) is 19.1 Å². The fraction of sp³-hybridized carbons (Fsp3) is 0.824. The standard InChI is InChI=1S/C17H31NO4/c1-3-5-6-7-8-9-10-11-12-13-15(19)18-14-17(21)22-16(20)4-2/h3-14H2,1-2H3,(H,18,19). The second-order valence-corrected chi connectivity index (χ2v) is 5.55. The maximum absolute atomic E-state index is 11.5. The van der Waals surface area contributed by atoms with E-state index in [0.717, 1.165) is 19.3 Å². The lowest BCUT2D eigenvalue weighted by Gasteiger charge is -2.05. The highest BCUT2D eigenvalue weighted by molar-refractivity contribution is 5.88. The SMILES string of the molecule is CCCCCCCCCCCC(=O)NCC(=O)OC(=O)CC. The summed E-state index contributed by atoms with van der Waals surface area (Å²) >= 11 is 0. The predicted octanol–water partition coefficient (Wildman–Crippen LogP) is 3.50. The van der Waals surface area contributed by atoms with E-state index in [1.54, 1.807) is 6.92 Å². The van der Waals surface area contributed by atoms with E-state index >= 15 is 0 Å². The van der Waals surface area contributed by atoms with E-state index in [9.17, 15) is 14.4 Å². The lowest BCUT2D eigenvalue weighted by atomic mass is 10.1. The molecule has 0 atom stereocenters. The third-order valence-electron chi connectivity index (χ3n) is 3.45. The minimum absolute atomic E-state index is 0.151. The van der Waals surface area contributed by atoms with Crippen LogP contribution in [0.3, 0.4) is 0 Å². The first-order valence-corrected chi connectivity index (χ1v) is 8.60. The van der Waals surface area contributed by atoms with Crippen LogP contribution in [0.2, 0.25) is 0 Å². The van der Waals surface area contributed by atoms with Crippen LogP contribution in [0.5, 0.6) is 0 Å².